The van der Waals surface area contributed by atoms with Crippen LogP contribution >= 0.6 is 34.8 Å². The van der Waals surface area contributed by atoms with Crippen LogP contribution in [0, 0.1) is 0 Å². The lowest BCUT2D eigenvalue weighted by Gasteiger charge is -2.19. The Labute approximate surface area is 148 Å². The Hall–Kier alpha value is -1.34. The largest absolute Gasteiger partial charge is 0.486 e. The SMILES string of the molecule is O=S(=O)(Nc1ccc2c(c1)OCCO2)c1cc(Cl)c(Cl)cc1Cl. The second-order valence-electron chi connectivity index (χ2n) is 4.66. The molecule has 1 aliphatic rings. The summed E-state index contributed by atoms with van der Waals surface area (Å²) in [7, 11) is -3.93. The van der Waals surface area contributed by atoms with Gasteiger partial charge in [0.05, 0.1) is 20.8 Å². The van der Waals surface area contributed by atoms with Crippen molar-refractivity contribution in [2.45, 2.75) is 4.90 Å². The molecule has 0 radical (unpaired) electrons. The van der Waals surface area contributed by atoms with Crippen molar-refractivity contribution in [2.75, 3.05) is 17.9 Å². The van der Waals surface area contributed by atoms with Crippen LogP contribution in [0.1, 0.15) is 0 Å². The monoisotopic (exact) mass is 393 g/mol. The van der Waals surface area contributed by atoms with Crippen molar-refractivity contribution in [1.29, 1.82) is 0 Å². The summed E-state index contributed by atoms with van der Waals surface area (Å²) in [6, 6.07) is 7.22. The van der Waals surface area contributed by atoms with Gasteiger partial charge in [-0.3, -0.25) is 4.72 Å². The predicted molar refractivity (Wildman–Crippen MR) is 89.7 cm³/mol. The van der Waals surface area contributed by atoms with Crippen LogP contribution in [0.2, 0.25) is 15.1 Å². The van der Waals surface area contributed by atoms with Crippen LogP contribution in [0.5, 0.6) is 11.5 Å². The minimum Gasteiger partial charge on any atom is -0.486 e. The van der Waals surface area contributed by atoms with E-state index in [1.54, 1.807) is 12.1 Å². The number of rotatable bonds is 3. The number of nitrogens with one attached hydrogen (secondary N) is 1. The molecule has 2 aromatic carbocycles. The fourth-order valence-electron chi connectivity index (χ4n) is 2.03. The van der Waals surface area contributed by atoms with Gasteiger partial charge in [0.15, 0.2) is 11.5 Å². The number of sulfonamides is 1. The Morgan fingerprint density at radius 2 is 1.52 bits per heavy atom. The molecule has 0 amide bonds. The molecule has 2 aromatic rings. The van der Waals surface area contributed by atoms with E-state index in [2.05, 4.69) is 4.72 Å². The summed E-state index contributed by atoms with van der Waals surface area (Å²) in [4.78, 5) is -0.163. The summed E-state index contributed by atoms with van der Waals surface area (Å²) in [5.41, 5.74) is 0.316. The summed E-state index contributed by atoms with van der Waals surface area (Å²) in [6.45, 7) is 0.860. The molecular weight excluding hydrogens is 385 g/mol. The molecule has 1 N–H and O–H groups in total. The molecule has 0 aliphatic carbocycles. The molecule has 0 saturated carbocycles. The first-order chi connectivity index (χ1) is 10.9. The van der Waals surface area contributed by atoms with Gasteiger partial charge in [-0.05, 0) is 24.3 Å². The van der Waals surface area contributed by atoms with E-state index in [9.17, 15) is 8.42 Å². The summed E-state index contributed by atoms with van der Waals surface area (Å²) in [5, 5.41) is 0.248. The van der Waals surface area contributed by atoms with Crippen molar-refractivity contribution in [3.8, 4) is 11.5 Å². The fourth-order valence-corrected chi connectivity index (χ4v) is 4.08. The van der Waals surface area contributed by atoms with E-state index in [4.69, 9.17) is 44.3 Å². The molecule has 1 aliphatic heterocycles. The van der Waals surface area contributed by atoms with Crippen molar-refractivity contribution in [3.63, 3.8) is 0 Å². The zero-order valence-electron chi connectivity index (χ0n) is 11.5. The minimum atomic E-state index is -3.93. The zero-order valence-corrected chi connectivity index (χ0v) is 14.6. The molecule has 0 atom stereocenters. The lowest BCUT2D eigenvalue weighted by atomic mass is 10.3. The Morgan fingerprint density at radius 1 is 0.870 bits per heavy atom. The van der Waals surface area contributed by atoms with E-state index in [0.717, 1.165) is 0 Å². The van der Waals surface area contributed by atoms with Crippen molar-refractivity contribution in [3.05, 3.63) is 45.4 Å². The zero-order chi connectivity index (χ0) is 16.6. The number of halogens is 3. The molecule has 0 fully saturated rings. The average Bonchev–Trinajstić information content (AvgIpc) is 2.50. The number of hydrogen-bond donors (Lipinski definition) is 1. The number of anilines is 1. The van der Waals surface area contributed by atoms with Gasteiger partial charge in [-0.15, -0.1) is 0 Å². The average molecular weight is 395 g/mol. The molecule has 0 saturated heterocycles. The standard InChI is InChI=1S/C14H10Cl3NO4S/c15-9-6-11(17)14(7-10(9)16)23(19,20)18-8-1-2-12-13(5-8)22-4-3-21-12/h1-2,5-7,18H,3-4H2. The highest BCUT2D eigenvalue weighted by atomic mass is 35.5. The first-order valence-electron chi connectivity index (χ1n) is 6.44. The maximum Gasteiger partial charge on any atom is 0.263 e. The number of fused-ring (bicyclic) bond motifs is 1. The highest BCUT2D eigenvalue weighted by Gasteiger charge is 2.21. The molecule has 9 heteroatoms. The van der Waals surface area contributed by atoms with Gasteiger partial charge >= 0.3 is 0 Å². The topological polar surface area (TPSA) is 64.6 Å². The molecular formula is C14H10Cl3NO4S. The quantitative estimate of drug-likeness (QED) is 0.792. The van der Waals surface area contributed by atoms with Crippen LogP contribution < -0.4 is 14.2 Å². The number of ether oxygens (including phenoxy) is 2. The smallest absolute Gasteiger partial charge is 0.263 e. The van der Waals surface area contributed by atoms with E-state index in [0.29, 0.717) is 30.4 Å². The second kappa shape index (κ2) is 6.28. The molecule has 23 heavy (non-hydrogen) atoms. The Morgan fingerprint density at radius 3 is 2.26 bits per heavy atom. The van der Waals surface area contributed by atoms with Gasteiger partial charge in [-0.1, -0.05) is 34.8 Å². The molecule has 3 rings (SSSR count). The molecule has 1 heterocycles. The van der Waals surface area contributed by atoms with Crippen molar-refractivity contribution < 1.29 is 17.9 Å². The third-order valence-electron chi connectivity index (χ3n) is 3.06. The lowest BCUT2D eigenvalue weighted by Crippen LogP contribution is -2.17. The van der Waals surface area contributed by atoms with E-state index in [-0.39, 0.29) is 20.0 Å². The maximum atomic E-state index is 12.5. The maximum absolute atomic E-state index is 12.5. The minimum absolute atomic E-state index is 0.0237. The lowest BCUT2D eigenvalue weighted by molar-refractivity contribution is 0.171. The van der Waals surface area contributed by atoms with Crippen molar-refractivity contribution >= 4 is 50.5 Å². The van der Waals surface area contributed by atoms with Crippen LogP contribution in [0.25, 0.3) is 0 Å². The van der Waals surface area contributed by atoms with Crippen LogP contribution in [-0.2, 0) is 10.0 Å². The summed E-state index contributed by atoms with van der Waals surface area (Å²) >= 11 is 17.6. The van der Waals surface area contributed by atoms with Crippen LogP contribution in [0.15, 0.2) is 35.2 Å². The van der Waals surface area contributed by atoms with Crippen LogP contribution in [0.4, 0.5) is 5.69 Å². The first kappa shape index (κ1) is 16.5. The first-order valence-corrected chi connectivity index (χ1v) is 9.05. The third-order valence-corrected chi connectivity index (χ3v) is 5.63. The number of benzene rings is 2. The van der Waals surface area contributed by atoms with E-state index in [1.807, 2.05) is 0 Å². The fraction of sp³-hybridized carbons (Fsp3) is 0.143. The molecule has 0 unspecified atom stereocenters. The second-order valence-corrected chi connectivity index (χ2v) is 7.53. The van der Waals surface area contributed by atoms with Crippen LogP contribution in [-0.4, -0.2) is 21.6 Å². The van der Waals surface area contributed by atoms with Gasteiger partial charge in [0.1, 0.15) is 18.1 Å². The highest BCUT2D eigenvalue weighted by Crippen LogP contribution is 2.35. The van der Waals surface area contributed by atoms with Gasteiger partial charge in [0, 0.05) is 6.07 Å². The normalized spacial score (nSPS) is 13.7. The summed E-state index contributed by atoms with van der Waals surface area (Å²) < 4.78 is 38.2. The Bertz CT molecular complexity index is 871. The van der Waals surface area contributed by atoms with E-state index < -0.39 is 10.0 Å². The molecule has 0 aromatic heterocycles. The van der Waals surface area contributed by atoms with Crippen LogP contribution in [0.3, 0.4) is 0 Å². The van der Waals surface area contributed by atoms with Gasteiger partial charge in [-0.25, -0.2) is 8.42 Å². The molecule has 0 spiro atoms. The van der Waals surface area contributed by atoms with Gasteiger partial charge < -0.3 is 9.47 Å². The summed E-state index contributed by atoms with van der Waals surface area (Å²) in [6.07, 6.45) is 0. The summed E-state index contributed by atoms with van der Waals surface area (Å²) in [5.74, 6) is 1.03. The van der Waals surface area contributed by atoms with E-state index in [1.165, 1.54) is 18.2 Å². The number of hydrogen-bond acceptors (Lipinski definition) is 4. The van der Waals surface area contributed by atoms with Gasteiger partial charge in [0.2, 0.25) is 0 Å². The molecule has 122 valence electrons. The third kappa shape index (κ3) is 3.45. The Balaban J connectivity index is 1.94. The van der Waals surface area contributed by atoms with Crippen molar-refractivity contribution in [1.82, 2.24) is 0 Å². The molecule has 5 nitrogen and oxygen atoms in total. The van der Waals surface area contributed by atoms with E-state index >= 15 is 0 Å². The van der Waals surface area contributed by atoms with Gasteiger partial charge in [-0.2, -0.15) is 0 Å². The van der Waals surface area contributed by atoms with Crippen molar-refractivity contribution in [2.24, 2.45) is 0 Å². The Kier molecular flexibility index (Phi) is 4.51. The highest BCUT2D eigenvalue weighted by molar-refractivity contribution is 7.92. The predicted octanol–water partition coefficient (Wildman–Crippen LogP) is 4.22. The molecule has 0 bridgehead atoms. The van der Waals surface area contributed by atoms with Gasteiger partial charge in [0.25, 0.3) is 10.0 Å².